The van der Waals surface area contributed by atoms with E-state index in [1.807, 2.05) is 37.5 Å². The summed E-state index contributed by atoms with van der Waals surface area (Å²) in [4.78, 5) is 23.9. The number of aryl methyl sites for hydroxylation is 2. The van der Waals surface area contributed by atoms with Gasteiger partial charge in [0, 0.05) is 12.2 Å². The Hall–Kier alpha value is -2.61. The zero-order valence-corrected chi connectivity index (χ0v) is 15.3. The van der Waals surface area contributed by atoms with Crippen LogP contribution in [-0.4, -0.2) is 32.5 Å². The number of imide groups is 1. The SMILES string of the molecule is C=CCn1c(C)nnc1SCC(=O)NC(=O)Nc1cccc(C)c1C. The van der Waals surface area contributed by atoms with Crippen molar-refractivity contribution in [3.8, 4) is 0 Å². The molecule has 0 aliphatic carbocycles. The van der Waals surface area contributed by atoms with Crippen molar-refractivity contribution in [1.29, 1.82) is 0 Å². The maximum Gasteiger partial charge on any atom is 0.325 e. The van der Waals surface area contributed by atoms with E-state index >= 15 is 0 Å². The van der Waals surface area contributed by atoms with Crippen LogP contribution in [0.5, 0.6) is 0 Å². The van der Waals surface area contributed by atoms with Crippen molar-refractivity contribution in [3.63, 3.8) is 0 Å². The molecule has 0 bridgehead atoms. The summed E-state index contributed by atoms with van der Waals surface area (Å²) >= 11 is 1.22. The van der Waals surface area contributed by atoms with Crippen molar-refractivity contribution in [3.05, 3.63) is 47.8 Å². The summed E-state index contributed by atoms with van der Waals surface area (Å²) in [7, 11) is 0. The van der Waals surface area contributed by atoms with Gasteiger partial charge in [0.25, 0.3) is 0 Å². The van der Waals surface area contributed by atoms with Crippen molar-refractivity contribution in [2.24, 2.45) is 0 Å². The molecule has 1 heterocycles. The molecule has 0 atom stereocenters. The Kier molecular flexibility index (Phi) is 6.35. The van der Waals surface area contributed by atoms with Gasteiger partial charge in [0.05, 0.1) is 5.75 Å². The number of anilines is 1. The summed E-state index contributed by atoms with van der Waals surface area (Å²) in [6.45, 7) is 9.96. The average Bonchev–Trinajstić information content (AvgIpc) is 2.91. The number of nitrogens with one attached hydrogen (secondary N) is 2. The Bertz CT molecular complexity index is 800. The lowest BCUT2D eigenvalue weighted by atomic mass is 10.1. The highest BCUT2D eigenvalue weighted by atomic mass is 32.2. The van der Waals surface area contributed by atoms with E-state index in [0.29, 0.717) is 17.4 Å². The van der Waals surface area contributed by atoms with Gasteiger partial charge in [-0.15, -0.1) is 16.8 Å². The minimum absolute atomic E-state index is 0.0650. The molecular weight excluding hydrogens is 338 g/mol. The van der Waals surface area contributed by atoms with Gasteiger partial charge in [-0.2, -0.15) is 0 Å². The highest BCUT2D eigenvalue weighted by Gasteiger charge is 2.13. The Morgan fingerprint density at radius 3 is 2.76 bits per heavy atom. The molecule has 132 valence electrons. The van der Waals surface area contributed by atoms with E-state index in [9.17, 15) is 9.59 Å². The fourth-order valence-electron chi connectivity index (χ4n) is 2.14. The Balaban J connectivity index is 1.89. The van der Waals surface area contributed by atoms with Crippen LogP contribution < -0.4 is 10.6 Å². The molecule has 1 aromatic heterocycles. The number of urea groups is 1. The molecule has 7 nitrogen and oxygen atoms in total. The topological polar surface area (TPSA) is 88.9 Å². The Morgan fingerprint density at radius 1 is 1.28 bits per heavy atom. The monoisotopic (exact) mass is 359 g/mol. The van der Waals surface area contributed by atoms with Gasteiger partial charge in [-0.1, -0.05) is 30.0 Å². The molecule has 0 saturated heterocycles. The van der Waals surface area contributed by atoms with Gasteiger partial charge >= 0.3 is 6.03 Å². The fourth-order valence-corrected chi connectivity index (χ4v) is 2.93. The van der Waals surface area contributed by atoms with Crippen LogP contribution in [0.15, 0.2) is 36.0 Å². The smallest absolute Gasteiger partial charge is 0.307 e. The second-order valence-electron chi connectivity index (χ2n) is 5.47. The van der Waals surface area contributed by atoms with Crippen molar-refractivity contribution < 1.29 is 9.59 Å². The quantitative estimate of drug-likeness (QED) is 0.611. The summed E-state index contributed by atoms with van der Waals surface area (Å²) in [5.41, 5.74) is 2.71. The summed E-state index contributed by atoms with van der Waals surface area (Å²) in [5.74, 6) is 0.407. The van der Waals surface area contributed by atoms with Crippen molar-refractivity contribution in [1.82, 2.24) is 20.1 Å². The highest BCUT2D eigenvalue weighted by Crippen LogP contribution is 2.18. The predicted octanol–water partition coefficient (Wildman–Crippen LogP) is 2.83. The molecular formula is C17H21N5O2S. The lowest BCUT2D eigenvalue weighted by Gasteiger charge is -2.11. The number of aromatic nitrogens is 3. The molecule has 3 amide bonds. The molecule has 0 fully saturated rings. The molecule has 0 unspecified atom stereocenters. The van der Waals surface area contributed by atoms with Crippen LogP contribution >= 0.6 is 11.8 Å². The predicted molar refractivity (Wildman–Crippen MR) is 98.8 cm³/mol. The number of benzene rings is 1. The average molecular weight is 359 g/mol. The van der Waals surface area contributed by atoms with Gasteiger partial charge in [-0.05, 0) is 38.0 Å². The third kappa shape index (κ3) is 4.93. The second-order valence-corrected chi connectivity index (χ2v) is 6.41. The number of allylic oxidation sites excluding steroid dienone is 1. The molecule has 0 aliphatic rings. The third-order valence-electron chi connectivity index (χ3n) is 3.65. The van der Waals surface area contributed by atoms with Crippen molar-refractivity contribution >= 4 is 29.4 Å². The Labute approximate surface area is 150 Å². The van der Waals surface area contributed by atoms with E-state index in [2.05, 4.69) is 27.4 Å². The van der Waals surface area contributed by atoms with Gasteiger partial charge in [0.2, 0.25) is 5.91 Å². The van der Waals surface area contributed by atoms with E-state index in [-0.39, 0.29) is 5.75 Å². The molecule has 0 radical (unpaired) electrons. The summed E-state index contributed by atoms with van der Waals surface area (Å²) < 4.78 is 1.85. The maximum atomic E-state index is 12.0. The van der Waals surface area contributed by atoms with Crippen LogP contribution in [0.1, 0.15) is 17.0 Å². The lowest BCUT2D eigenvalue weighted by molar-refractivity contribution is -0.117. The van der Waals surface area contributed by atoms with Crippen LogP contribution in [0.4, 0.5) is 10.5 Å². The molecule has 0 spiro atoms. The van der Waals surface area contributed by atoms with Crippen molar-refractivity contribution in [2.45, 2.75) is 32.5 Å². The summed E-state index contributed by atoms with van der Waals surface area (Å²) in [5, 5.41) is 13.6. The van der Waals surface area contributed by atoms with Crippen LogP contribution in [-0.2, 0) is 11.3 Å². The van der Waals surface area contributed by atoms with Crippen molar-refractivity contribution in [2.75, 3.05) is 11.1 Å². The van der Waals surface area contributed by atoms with Gasteiger partial charge in [0.15, 0.2) is 5.16 Å². The largest absolute Gasteiger partial charge is 0.325 e. The Morgan fingerprint density at radius 2 is 2.04 bits per heavy atom. The first-order valence-corrected chi connectivity index (χ1v) is 8.71. The van der Waals surface area contributed by atoms with Gasteiger partial charge in [-0.3, -0.25) is 10.1 Å². The van der Waals surface area contributed by atoms with Crippen LogP contribution in [0, 0.1) is 20.8 Å². The molecule has 0 saturated carbocycles. The highest BCUT2D eigenvalue weighted by molar-refractivity contribution is 7.99. The molecule has 2 rings (SSSR count). The molecule has 1 aromatic carbocycles. The number of hydrogen-bond donors (Lipinski definition) is 2. The number of amides is 3. The normalized spacial score (nSPS) is 10.4. The molecule has 25 heavy (non-hydrogen) atoms. The minimum Gasteiger partial charge on any atom is -0.307 e. The third-order valence-corrected chi connectivity index (χ3v) is 4.62. The summed E-state index contributed by atoms with van der Waals surface area (Å²) in [6, 6.07) is 5.05. The van der Waals surface area contributed by atoms with Crippen LogP contribution in [0.25, 0.3) is 0 Å². The van der Waals surface area contributed by atoms with Crippen LogP contribution in [0.3, 0.4) is 0 Å². The van der Waals surface area contributed by atoms with E-state index in [1.54, 1.807) is 12.1 Å². The first-order chi connectivity index (χ1) is 11.9. The first-order valence-electron chi connectivity index (χ1n) is 7.73. The van der Waals surface area contributed by atoms with E-state index in [1.165, 1.54) is 11.8 Å². The van der Waals surface area contributed by atoms with Gasteiger partial charge in [-0.25, -0.2) is 4.79 Å². The zero-order valence-electron chi connectivity index (χ0n) is 14.5. The number of hydrogen-bond acceptors (Lipinski definition) is 5. The number of thioether (sulfide) groups is 1. The number of rotatable bonds is 6. The van der Waals surface area contributed by atoms with Gasteiger partial charge < -0.3 is 9.88 Å². The second kappa shape index (κ2) is 8.48. The fraction of sp³-hybridized carbons (Fsp3) is 0.294. The molecule has 2 aromatic rings. The minimum atomic E-state index is -0.553. The van der Waals surface area contributed by atoms with E-state index in [0.717, 1.165) is 17.0 Å². The zero-order chi connectivity index (χ0) is 18.4. The molecule has 0 aliphatic heterocycles. The molecule has 8 heteroatoms. The molecule has 2 N–H and O–H groups in total. The standard InChI is InChI=1S/C17H21N5O2S/c1-5-9-22-13(4)20-21-17(22)25-10-15(23)19-16(24)18-14-8-6-7-11(2)12(14)3/h5-8H,1,9-10H2,2-4H3,(H2,18,19,23,24). The summed E-state index contributed by atoms with van der Waals surface area (Å²) in [6.07, 6.45) is 1.73. The van der Waals surface area contributed by atoms with Gasteiger partial charge in [0.1, 0.15) is 5.82 Å². The van der Waals surface area contributed by atoms with E-state index in [4.69, 9.17) is 0 Å². The number of nitrogens with zero attached hydrogens (tertiary/aromatic N) is 3. The first kappa shape index (κ1) is 18.7. The number of carbonyl (C=O) groups excluding carboxylic acids is 2. The lowest BCUT2D eigenvalue weighted by Crippen LogP contribution is -2.35. The van der Waals surface area contributed by atoms with E-state index < -0.39 is 11.9 Å². The van der Waals surface area contributed by atoms with Crippen LogP contribution in [0.2, 0.25) is 0 Å². The number of carbonyl (C=O) groups is 2. The maximum absolute atomic E-state index is 12.0.